The normalized spacial score (nSPS) is 11.9. The molecule has 1 aromatic heterocycles. The average molecular weight is 330 g/mol. The van der Waals surface area contributed by atoms with Gasteiger partial charge in [0, 0.05) is 5.02 Å². The summed E-state index contributed by atoms with van der Waals surface area (Å²) >= 11 is 8.68. The number of carbonyl (C=O) groups is 1. The van der Waals surface area contributed by atoms with Crippen molar-refractivity contribution in [3.8, 4) is 5.75 Å². The van der Waals surface area contributed by atoms with Crippen molar-refractivity contribution in [3.63, 3.8) is 0 Å². The number of amides is 1. The standard InChI is InChI=1S/C12H12ClN3O2S2/c1-7(20-12-16-14-6-19-12)11(17)15-9-5-8(13)3-4-10(9)18-2/h3-7H,1-2H3,(H,15,17). The van der Waals surface area contributed by atoms with Gasteiger partial charge in [0.25, 0.3) is 0 Å². The first-order valence-electron chi connectivity index (χ1n) is 5.67. The zero-order valence-electron chi connectivity index (χ0n) is 10.8. The summed E-state index contributed by atoms with van der Waals surface area (Å²) < 4.78 is 5.94. The number of aromatic nitrogens is 2. The molecule has 1 N–H and O–H groups in total. The lowest BCUT2D eigenvalue weighted by molar-refractivity contribution is -0.115. The number of anilines is 1. The maximum Gasteiger partial charge on any atom is 0.237 e. The number of methoxy groups -OCH3 is 1. The first-order valence-corrected chi connectivity index (χ1v) is 7.81. The number of carbonyl (C=O) groups excluding carboxylic acids is 1. The molecule has 1 unspecified atom stereocenters. The summed E-state index contributed by atoms with van der Waals surface area (Å²) in [5.74, 6) is 0.418. The first-order chi connectivity index (χ1) is 9.60. The number of hydrogen-bond donors (Lipinski definition) is 1. The average Bonchev–Trinajstić information content (AvgIpc) is 2.91. The maximum atomic E-state index is 12.1. The topological polar surface area (TPSA) is 64.1 Å². The van der Waals surface area contributed by atoms with E-state index < -0.39 is 0 Å². The van der Waals surface area contributed by atoms with Crippen LogP contribution >= 0.6 is 34.7 Å². The minimum Gasteiger partial charge on any atom is -0.495 e. The van der Waals surface area contributed by atoms with E-state index in [4.69, 9.17) is 16.3 Å². The number of rotatable bonds is 5. The fourth-order valence-electron chi connectivity index (χ4n) is 1.43. The van der Waals surface area contributed by atoms with Crippen LogP contribution in [-0.4, -0.2) is 28.5 Å². The molecule has 0 radical (unpaired) electrons. The Hall–Kier alpha value is -1.31. The number of hydrogen-bond acceptors (Lipinski definition) is 6. The highest BCUT2D eigenvalue weighted by atomic mass is 35.5. The van der Waals surface area contributed by atoms with Gasteiger partial charge in [-0.15, -0.1) is 10.2 Å². The SMILES string of the molecule is COc1ccc(Cl)cc1NC(=O)C(C)Sc1nncs1. The van der Waals surface area contributed by atoms with E-state index >= 15 is 0 Å². The minimum absolute atomic E-state index is 0.147. The lowest BCUT2D eigenvalue weighted by atomic mass is 10.3. The molecule has 0 saturated carbocycles. The highest BCUT2D eigenvalue weighted by molar-refractivity contribution is 8.02. The summed E-state index contributed by atoms with van der Waals surface area (Å²) in [6, 6.07) is 5.07. The van der Waals surface area contributed by atoms with Crippen molar-refractivity contribution in [1.82, 2.24) is 10.2 Å². The Morgan fingerprint density at radius 1 is 1.55 bits per heavy atom. The third kappa shape index (κ3) is 3.84. The molecule has 0 bridgehead atoms. The van der Waals surface area contributed by atoms with E-state index in [0.29, 0.717) is 16.5 Å². The van der Waals surface area contributed by atoms with Crippen molar-refractivity contribution in [3.05, 3.63) is 28.7 Å². The maximum absolute atomic E-state index is 12.1. The van der Waals surface area contributed by atoms with Crippen LogP contribution in [0.25, 0.3) is 0 Å². The van der Waals surface area contributed by atoms with Crippen molar-refractivity contribution >= 4 is 46.3 Å². The van der Waals surface area contributed by atoms with Gasteiger partial charge in [-0.3, -0.25) is 4.79 Å². The van der Waals surface area contributed by atoms with E-state index in [1.165, 1.54) is 30.2 Å². The number of benzene rings is 1. The Bertz CT molecular complexity index is 592. The van der Waals surface area contributed by atoms with Gasteiger partial charge in [0.2, 0.25) is 5.91 Å². The van der Waals surface area contributed by atoms with Gasteiger partial charge in [-0.05, 0) is 25.1 Å². The largest absolute Gasteiger partial charge is 0.495 e. The number of thioether (sulfide) groups is 1. The highest BCUT2D eigenvalue weighted by Crippen LogP contribution is 2.29. The fourth-order valence-corrected chi connectivity index (χ4v) is 3.23. The minimum atomic E-state index is -0.299. The molecular weight excluding hydrogens is 318 g/mol. The second kappa shape index (κ2) is 6.92. The molecule has 0 saturated heterocycles. The van der Waals surface area contributed by atoms with Gasteiger partial charge in [-0.2, -0.15) is 0 Å². The molecule has 0 aliphatic rings. The van der Waals surface area contributed by atoms with Crippen LogP contribution in [0.5, 0.6) is 5.75 Å². The van der Waals surface area contributed by atoms with Gasteiger partial charge < -0.3 is 10.1 Å². The fraction of sp³-hybridized carbons (Fsp3) is 0.250. The van der Waals surface area contributed by atoms with Crippen LogP contribution in [0.3, 0.4) is 0 Å². The molecule has 2 aromatic rings. The first kappa shape index (κ1) is 15.1. The summed E-state index contributed by atoms with van der Waals surface area (Å²) in [6.45, 7) is 1.80. The molecule has 20 heavy (non-hydrogen) atoms. The molecule has 2 rings (SSSR count). The molecule has 1 atom stereocenters. The lowest BCUT2D eigenvalue weighted by Crippen LogP contribution is -2.22. The molecule has 106 valence electrons. The number of ether oxygens (including phenoxy) is 1. The van der Waals surface area contributed by atoms with E-state index in [9.17, 15) is 4.79 Å². The Balaban J connectivity index is 2.05. The number of halogens is 1. The van der Waals surface area contributed by atoms with Gasteiger partial charge in [0.05, 0.1) is 18.0 Å². The van der Waals surface area contributed by atoms with Gasteiger partial charge in [0.15, 0.2) is 4.34 Å². The smallest absolute Gasteiger partial charge is 0.237 e. The monoisotopic (exact) mass is 329 g/mol. The third-order valence-electron chi connectivity index (χ3n) is 2.41. The lowest BCUT2D eigenvalue weighted by Gasteiger charge is -2.13. The van der Waals surface area contributed by atoms with E-state index in [1.54, 1.807) is 30.6 Å². The summed E-state index contributed by atoms with van der Waals surface area (Å²) in [5.41, 5.74) is 2.18. The Labute approximate surface area is 129 Å². The molecular formula is C12H12ClN3O2S2. The zero-order chi connectivity index (χ0) is 14.5. The number of nitrogens with one attached hydrogen (secondary N) is 1. The van der Waals surface area contributed by atoms with Crippen LogP contribution in [0.4, 0.5) is 5.69 Å². The zero-order valence-corrected chi connectivity index (χ0v) is 13.2. The predicted octanol–water partition coefficient (Wildman–Crippen LogP) is 3.32. The Morgan fingerprint density at radius 2 is 2.35 bits per heavy atom. The summed E-state index contributed by atoms with van der Waals surface area (Å²) in [4.78, 5) is 12.1. The van der Waals surface area contributed by atoms with Crippen LogP contribution in [-0.2, 0) is 4.79 Å². The third-order valence-corrected chi connectivity index (χ3v) is 4.55. The second-order valence-corrected chi connectivity index (χ2v) is 6.66. The summed E-state index contributed by atoms with van der Waals surface area (Å²) in [7, 11) is 1.54. The van der Waals surface area contributed by atoms with Crippen LogP contribution < -0.4 is 10.1 Å². The quantitative estimate of drug-likeness (QED) is 0.852. The Kier molecular flexibility index (Phi) is 5.22. The van der Waals surface area contributed by atoms with Crippen molar-refractivity contribution in [2.24, 2.45) is 0 Å². The molecule has 0 aliphatic heterocycles. The molecule has 1 amide bonds. The van der Waals surface area contributed by atoms with Crippen LogP contribution in [0.15, 0.2) is 28.0 Å². The Morgan fingerprint density at radius 3 is 3.00 bits per heavy atom. The summed E-state index contributed by atoms with van der Waals surface area (Å²) in [5, 5.41) is 10.7. The highest BCUT2D eigenvalue weighted by Gasteiger charge is 2.17. The van der Waals surface area contributed by atoms with Crippen molar-refractivity contribution in [2.75, 3.05) is 12.4 Å². The second-order valence-electron chi connectivity index (χ2n) is 3.80. The molecule has 0 fully saturated rings. The van der Waals surface area contributed by atoms with Crippen molar-refractivity contribution < 1.29 is 9.53 Å². The predicted molar refractivity (Wildman–Crippen MR) is 81.9 cm³/mol. The van der Waals surface area contributed by atoms with E-state index in [-0.39, 0.29) is 11.2 Å². The van der Waals surface area contributed by atoms with E-state index in [2.05, 4.69) is 15.5 Å². The van der Waals surface area contributed by atoms with Gasteiger partial charge in [-0.1, -0.05) is 34.7 Å². The molecule has 1 heterocycles. The number of nitrogens with zero attached hydrogens (tertiary/aromatic N) is 2. The van der Waals surface area contributed by atoms with Gasteiger partial charge in [-0.25, -0.2) is 0 Å². The van der Waals surface area contributed by atoms with Crippen LogP contribution in [0.1, 0.15) is 6.92 Å². The van der Waals surface area contributed by atoms with Crippen LogP contribution in [0, 0.1) is 0 Å². The molecule has 1 aromatic carbocycles. The van der Waals surface area contributed by atoms with Gasteiger partial charge in [0.1, 0.15) is 11.3 Å². The molecule has 8 heteroatoms. The molecule has 0 spiro atoms. The summed E-state index contributed by atoms with van der Waals surface area (Å²) in [6.07, 6.45) is 0. The van der Waals surface area contributed by atoms with Crippen molar-refractivity contribution in [1.29, 1.82) is 0 Å². The van der Waals surface area contributed by atoms with E-state index in [1.807, 2.05) is 0 Å². The van der Waals surface area contributed by atoms with E-state index in [0.717, 1.165) is 4.34 Å². The molecule has 0 aliphatic carbocycles. The van der Waals surface area contributed by atoms with Crippen LogP contribution in [0.2, 0.25) is 5.02 Å². The van der Waals surface area contributed by atoms with Crippen molar-refractivity contribution in [2.45, 2.75) is 16.5 Å². The van der Waals surface area contributed by atoms with Gasteiger partial charge >= 0.3 is 0 Å². The molecule has 5 nitrogen and oxygen atoms in total.